The molecule has 4 amide bonds. The number of carbonyl (C=O) groups is 3. The van der Waals surface area contributed by atoms with Crippen LogP contribution >= 0.6 is 0 Å². The number of rotatable bonds is 4. The number of anilines is 1. The van der Waals surface area contributed by atoms with E-state index in [4.69, 9.17) is 4.74 Å². The number of carbonyl (C=O) groups excluding carboxylic acids is 3. The monoisotopic (exact) mass is 374 g/mol. The molecule has 2 N–H and O–H groups in total. The maximum Gasteiger partial charge on any atom is 0.321 e. The molecule has 0 aromatic heterocycles. The quantitative estimate of drug-likeness (QED) is 0.834. The van der Waals surface area contributed by atoms with Gasteiger partial charge in [0.05, 0.1) is 6.61 Å². The summed E-state index contributed by atoms with van der Waals surface area (Å²) in [5, 5.41) is 5.60. The van der Waals surface area contributed by atoms with Gasteiger partial charge < -0.3 is 25.2 Å². The first-order chi connectivity index (χ1) is 13.1. The molecular weight excluding hydrogens is 348 g/mol. The predicted octanol–water partition coefficient (Wildman–Crippen LogP) is 1.43. The van der Waals surface area contributed by atoms with Crippen molar-refractivity contribution >= 4 is 23.5 Å². The normalized spacial score (nSPS) is 20.0. The van der Waals surface area contributed by atoms with Gasteiger partial charge in [0.2, 0.25) is 11.8 Å². The summed E-state index contributed by atoms with van der Waals surface area (Å²) < 4.78 is 5.39. The van der Waals surface area contributed by atoms with Crippen molar-refractivity contribution in [2.75, 3.05) is 38.1 Å². The van der Waals surface area contributed by atoms with Crippen molar-refractivity contribution in [3.8, 4) is 5.75 Å². The van der Waals surface area contributed by atoms with Crippen LogP contribution in [0.25, 0.3) is 0 Å². The highest BCUT2D eigenvalue weighted by Crippen LogP contribution is 2.17. The zero-order chi connectivity index (χ0) is 19.2. The fourth-order valence-electron chi connectivity index (χ4n) is 3.36. The lowest BCUT2D eigenvalue weighted by Crippen LogP contribution is -2.46. The molecule has 0 aliphatic carbocycles. The first kappa shape index (κ1) is 19.0. The molecule has 0 bridgehead atoms. The van der Waals surface area contributed by atoms with E-state index in [1.165, 1.54) is 0 Å². The van der Waals surface area contributed by atoms with Gasteiger partial charge in [-0.2, -0.15) is 0 Å². The van der Waals surface area contributed by atoms with E-state index in [2.05, 4.69) is 10.6 Å². The first-order valence-corrected chi connectivity index (χ1v) is 9.43. The summed E-state index contributed by atoms with van der Waals surface area (Å²) in [5.74, 6) is 0.646. The predicted molar refractivity (Wildman–Crippen MR) is 101 cm³/mol. The minimum absolute atomic E-state index is 0.0466. The SMILES string of the molecule is CCOc1ccc(NC(=O)N2CCCN(C(=O)C3CCC(=O)N3)CC2)cc1. The van der Waals surface area contributed by atoms with E-state index < -0.39 is 6.04 Å². The van der Waals surface area contributed by atoms with Gasteiger partial charge in [-0.15, -0.1) is 0 Å². The highest BCUT2D eigenvalue weighted by molar-refractivity contribution is 5.91. The third-order valence-electron chi connectivity index (χ3n) is 4.80. The fourth-order valence-corrected chi connectivity index (χ4v) is 3.36. The number of nitrogens with one attached hydrogen (secondary N) is 2. The van der Waals surface area contributed by atoms with E-state index in [0.717, 1.165) is 5.75 Å². The zero-order valence-corrected chi connectivity index (χ0v) is 15.6. The number of hydrogen-bond acceptors (Lipinski definition) is 4. The summed E-state index contributed by atoms with van der Waals surface area (Å²) in [5.41, 5.74) is 0.703. The Morgan fingerprint density at radius 2 is 1.85 bits per heavy atom. The lowest BCUT2D eigenvalue weighted by molar-refractivity contribution is -0.134. The van der Waals surface area contributed by atoms with Crippen LogP contribution in [0, 0.1) is 0 Å². The largest absolute Gasteiger partial charge is 0.494 e. The van der Waals surface area contributed by atoms with Gasteiger partial charge >= 0.3 is 6.03 Å². The minimum Gasteiger partial charge on any atom is -0.494 e. The number of amides is 4. The minimum atomic E-state index is -0.415. The van der Waals surface area contributed by atoms with Crippen molar-refractivity contribution < 1.29 is 19.1 Å². The van der Waals surface area contributed by atoms with Crippen LogP contribution in [0.2, 0.25) is 0 Å². The molecule has 0 spiro atoms. The van der Waals surface area contributed by atoms with Crippen LogP contribution in [0.5, 0.6) is 5.75 Å². The summed E-state index contributed by atoms with van der Waals surface area (Å²) >= 11 is 0. The topological polar surface area (TPSA) is 91.0 Å². The summed E-state index contributed by atoms with van der Waals surface area (Å²) in [7, 11) is 0. The van der Waals surface area contributed by atoms with Crippen molar-refractivity contribution in [3.05, 3.63) is 24.3 Å². The molecule has 2 aliphatic rings. The van der Waals surface area contributed by atoms with E-state index >= 15 is 0 Å². The third kappa shape index (κ3) is 4.90. The lowest BCUT2D eigenvalue weighted by atomic mass is 10.2. The van der Waals surface area contributed by atoms with Crippen molar-refractivity contribution in [2.24, 2.45) is 0 Å². The van der Waals surface area contributed by atoms with E-state index in [9.17, 15) is 14.4 Å². The van der Waals surface area contributed by atoms with Gasteiger partial charge in [0, 0.05) is 38.3 Å². The molecule has 8 nitrogen and oxygen atoms in total. The maximum atomic E-state index is 12.5. The van der Waals surface area contributed by atoms with Crippen LogP contribution in [0.3, 0.4) is 0 Å². The standard InChI is InChI=1S/C19H26N4O4/c1-2-27-15-6-4-14(5-7-15)20-19(26)23-11-3-10-22(12-13-23)18(25)16-8-9-17(24)21-16/h4-7,16H,2-3,8-13H2,1H3,(H,20,26)(H,21,24). The summed E-state index contributed by atoms with van der Waals surface area (Å²) in [4.78, 5) is 39.9. The molecular formula is C19H26N4O4. The maximum absolute atomic E-state index is 12.5. The summed E-state index contributed by atoms with van der Waals surface area (Å²) in [6.45, 7) is 4.64. The van der Waals surface area contributed by atoms with Crippen molar-refractivity contribution in [1.29, 1.82) is 0 Å². The average molecular weight is 374 g/mol. The van der Waals surface area contributed by atoms with Gasteiger partial charge in [0.15, 0.2) is 0 Å². The van der Waals surface area contributed by atoms with Crippen molar-refractivity contribution in [2.45, 2.75) is 32.2 Å². The highest BCUT2D eigenvalue weighted by atomic mass is 16.5. The Morgan fingerprint density at radius 1 is 1.15 bits per heavy atom. The van der Waals surface area contributed by atoms with Crippen molar-refractivity contribution in [1.82, 2.24) is 15.1 Å². The zero-order valence-electron chi connectivity index (χ0n) is 15.6. The second-order valence-electron chi connectivity index (χ2n) is 6.71. The molecule has 2 saturated heterocycles. The van der Waals surface area contributed by atoms with Gasteiger partial charge in [-0.05, 0) is 44.0 Å². The number of ether oxygens (including phenoxy) is 1. The van der Waals surface area contributed by atoms with Gasteiger partial charge in [-0.1, -0.05) is 0 Å². The van der Waals surface area contributed by atoms with Crippen molar-refractivity contribution in [3.63, 3.8) is 0 Å². The van der Waals surface area contributed by atoms with Crippen LogP contribution < -0.4 is 15.4 Å². The Balaban J connectivity index is 1.51. The Morgan fingerprint density at radius 3 is 2.52 bits per heavy atom. The molecule has 2 fully saturated rings. The number of urea groups is 1. The Bertz CT molecular complexity index is 691. The number of benzene rings is 1. The van der Waals surface area contributed by atoms with Crippen LogP contribution in [-0.2, 0) is 9.59 Å². The van der Waals surface area contributed by atoms with Crippen LogP contribution in [-0.4, -0.2) is 66.5 Å². The molecule has 2 aliphatic heterocycles. The molecule has 1 unspecified atom stereocenters. The van der Waals surface area contributed by atoms with Crippen LogP contribution in [0.15, 0.2) is 24.3 Å². The smallest absolute Gasteiger partial charge is 0.321 e. The Kier molecular flexibility index (Phi) is 6.16. The molecule has 0 saturated carbocycles. The molecule has 27 heavy (non-hydrogen) atoms. The van der Waals surface area contributed by atoms with E-state index in [0.29, 0.717) is 57.7 Å². The van der Waals surface area contributed by atoms with E-state index in [1.54, 1.807) is 21.9 Å². The molecule has 146 valence electrons. The van der Waals surface area contributed by atoms with Gasteiger partial charge in [-0.3, -0.25) is 9.59 Å². The van der Waals surface area contributed by atoms with Gasteiger partial charge in [0.25, 0.3) is 0 Å². The first-order valence-electron chi connectivity index (χ1n) is 9.43. The Hall–Kier alpha value is -2.77. The molecule has 2 heterocycles. The van der Waals surface area contributed by atoms with Gasteiger partial charge in [-0.25, -0.2) is 4.79 Å². The molecule has 8 heteroatoms. The Labute approximate surface area is 158 Å². The van der Waals surface area contributed by atoms with E-state index in [-0.39, 0.29) is 17.8 Å². The van der Waals surface area contributed by atoms with Crippen LogP contribution in [0.1, 0.15) is 26.2 Å². The molecule has 0 radical (unpaired) electrons. The third-order valence-corrected chi connectivity index (χ3v) is 4.80. The second kappa shape index (κ2) is 8.75. The van der Waals surface area contributed by atoms with Crippen LogP contribution in [0.4, 0.5) is 10.5 Å². The van der Waals surface area contributed by atoms with E-state index in [1.807, 2.05) is 19.1 Å². The summed E-state index contributed by atoms with van der Waals surface area (Å²) in [6, 6.07) is 6.65. The second-order valence-corrected chi connectivity index (χ2v) is 6.71. The highest BCUT2D eigenvalue weighted by Gasteiger charge is 2.32. The summed E-state index contributed by atoms with van der Waals surface area (Å²) in [6.07, 6.45) is 1.67. The average Bonchev–Trinajstić information content (AvgIpc) is 2.95. The fraction of sp³-hybridized carbons (Fsp3) is 0.526. The number of hydrogen-bond donors (Lipinski definition) is 2. The molecule has 3 rings (SSSR count). The molecule has 1 aromatic carbocycles. The number of nitrogens with zero attached hydrogens (tertiary/aromatic N) is 2. The molecule has 1 atom stereocenters. The lowest BCUT2D eigenvalue weighted by Gasteiger charge is -2.24. The van der Waals surface area contributed by atoms with Gasteiger partial charge in [0.1, 0.15) is 11.8 Å². The molecule has 1 aromatic rings.